The number of benzene rings is 1. The molecule has 0 fully saturated rings. The topological polar surface area (TPSA) is 143 Å². The smallest absolute Gasteiger partial charge is 0.243 e. The van der Waals surface area contributed by atoms with Gasteiger partial charge in [0.25, 0.3) is 0 Å². The van der Waals surface area contributed by atoms with Crippen LogP contribution in [0.5, 0.6) is 11.5 Å². The number of nitrogens with zero attached hydrogens (tertiary/aromatic N) is 6. The molecule has 0 aliphatic heterocycles. The molecular weight excluding hydrogens is 522 g/mol. The van der Waals surface area contributed by atoms with Crippen LogP contribution in [0.3, 0.4) is 0 Å². The number of anilines is 1. The lowest BCUT2D eigenvalue weighted by atomic mass is 10.2. The van der Waals surface area contributed by atoms with Crippen LogP contribution < -0.4 is 14.2 Å². The first-order valence-electron chi connectivity index (χ1n) is 12.2. The highest BCUT2D eigenvalue weighted by Gasteiger charge is 2.35. The fourth-order valence-corrected chi connectivity index (χ4v) is 5.17. The number of rotatable bonds is 11. The number of aromatic nitrogens is 6. The number of hydrogen-bond donors (Lipinski definition) is 1. The van der Waals surface area contributed by atoms with Crippen LogP contribution in [0.25, 0.3) is 17.1 Å². The van der Waals surface area contributed by atoms with Crippen LogP contribution in [0, 0.1) is 13.8 Å². The van der Waals surface area contributed by atoms with Gasteiger partial charge in [-0.1, -0.05) is 6.07 Å². The van der Waals surface area contributed by atoms with Gasteiger partial charge in [0.2, 0.25) is 16.0 Å². The molecule has 4 aromatic rings. The zero-order valence-electron chi connectivity index (χ0n) is 22.6. The summed E-state index contributed by atoms with van der Waals surface area (Å²) in [5, 5.41) is 7.48. The summed E-state index contributed by atoms with van der Waals surface area (Å²) in [6.07, 6.45) is 5.55. The minimum absolute atomic E-state index is 0.0635. The molecule has 3 heterocycles. The number of para-hydroxylation sites is 1. The molecule has 1 aromatic carbocycles. The van der Waals surface area contributed by atoms with Crippen molar-refractivity contribution in [2.75, 3.05) is 25.5 Å². The molecule has 0 aliphatic carbocycles. The Bertz CT molecular complexity index is 1520. The summed E-state index contributed by atoms with van der Waals surface area (Å²) in [5.74, 6) is 1.12. The van der Waals surface area contributed by atoms with E-state index in [0.29, 0.717) is 40.0 Å². The van der Waals surface area contributed by atoms with Crippen molar-refractivity contribution < 1.29 is 22.6 Å². The highest BCUT2D eigenvalue weighted by Crippen LogP contribution is 2.38. The van der Waals surface area contributed by atoms with Gasteiger partial charge in [-0.2, -0.15) is 0 Å². The lowest BCUT2D eigenvalue weighted by molar-refractivity contribution is 0.0588. The summed E-state index contributed by atoms with van der Waals surface area (Å²) in [7, 11) is -1.08. The number of nitrogens with one attached hydrogen (secondary N) is 1. The van der Waals surface area contributed by atoms with Crippen molar-refractivity contribution in [2.45, 2.75) is 39.0 Å². The zero-order valence-corrected chi connectivity index (χ0v) is 23.4. The molecule has 0 aliphatic rings. The van der Waals surface area contributed by atoms with Gasteiger partial charge < -0.3 is 14.2 Å². The van der Waals surface area contributed by atoms with E-state index in [1.54, 1.807) is 62.1 Å². The Morgan fingerprint density at radius 1 is 1.00 bits per heavy atom. The van der Waals surface area contributed by atoms with Crippen LogP contribution in [0.2, 0.25) is 0 Å². The lowest BCUT2D eigenvalue weighted by Crippen LogP contribution is -2.33. The molecule has 0 radical (unpaired) electrons. The van der Waals surface area contributed by atoms with Gasteiger partial charge in [0.1, 0.15) is 28.5 Å². The van der Waals surface area contributed by atoms with Crippen molar-refractivity contribution in [1.29, 1.82) is 0 Å². The molecule has 0 saturated carbocycles. The summed E-state index contributed by atoms with van der Waals surface area (Å²) in [5.41, 5.74) is 3.04. The van der Waals surface area contributed by atoms with Crippen LogP contribution in [-0.4, -0.2) is 64.2 Å². The van der Waals surface area contributed by atoms with Crippen molar-refractivity contribution in [2.24, 2.45) is 0 Å². The van der Waals surface area contributed by atoms with E-state index >= 15 is 0 Å². The van der Waals surface area contributed by atoms with Crippen molar-refractivity contribution in [3.8, 4) is 28.6 Å². The van der Waals surface area contributed by atoms with Crippen molar-refractivity contribution in [3.05, 3.63) is 66.0 Å². The van der Waals surface area contributed by atoms with Crippen LogP contribution >= 0.6 is 0 Å². The van der Waals surface area contributed by atoms with Crippen LogP contribution in [0.1, 0.15) is 36.9 Å². The summed E-state index contributed by atoms with van der Waals surface area (Å²) in [4.78, 5) is 12.9. The molecule has 0 unspecified atom stereocenters. The van der Waals surface area contributed by atoms with Crippen molar-refractivity contribution >= 4 is 16.0 Å². The number of methoxy groups -OCH3 is 2. The third-order valence-electron chi connectivity index (χ3n) is 6.01. The molecule has 4 rings (SSSR count). The second-order valence-corrected chi connectivity index (χ2v) is 10.8. The van der Waals surface area contributed by atoms with E-state index in [4.69, 9.17) is 14.2 Å². The summed E-state index contributed by atoms with van der Waals surface area (Å²) in [6, 6.07) is 7.11. The van der Waals surface area contributed by atoms with Crippen LogP contribution in [-0.2, 0) is 14.8 Å². The number of aryl methyl sites for hydroxylation is 2. The normalized spacial score (nSPS) is 13.1. The first-order valence-corrected chi connectivity index (χ1v) is 13.7. The molecule has 39 heavy (non-hydrogen) atoms. The van der Waals surface area contributed by atoms with E-state index in [2.05, 4.69) is 29.9 Å². The van der Waals surface area contributed by atoms with Gasteiger partial charge in [-0.3, -0.25) is 24.2 Å². The minimum atomic E-state index is -4.10. The maximum Gasteiger partial charge on any atom is 0.243 e. The summed E-state index contributed by atoms with van der Waals surface area (Å²) < 4.78 is 48.7. The van der Waals surface area contributed by atoms with Crippen molar-refractivity contribution in [3.63, 3.8) is 0 Å². The first-order chi connectivity index (χ1) is 18.7. The molecule has 0 saturated heterocycles. The Balaban J connectivity index is 1.84. The Hall–Kier alpha value is -4.10. The second-order valence-electron chi connectivity index (χ2n) is 8.76. The van der Waals surface area contributed by atoms with Gasteiger partial charge in [0.05, 0.1) is 31.8 Å². The molecule has 206 valence electrons. The van der Waals surface area contributed by atoms with E-state index in [0.717, 1.165) is 5.56 Å². The predicted octanol–water partition coefficient (Wildman–Crippen LogP) is 3.66. The molecular formula is C26H31N7O5S. The van der Waals surface area contributed by atoms with E-state index in [1.165, 1.54) is 20.4 Å². The lowest BCUT2D eigenvalue weighted by Gasteiger charge is -2.24. The number of sulfonamides is 1. The predicted molar refractivity (Wildman–Crippen MR) is 146 cm³/mol. The Morgan fingerprint density at radius 3 is 2.31 bits per heavy atom. The molecule has 12 nitrogen and oxygen atoms in total. The van der Waals surface area contributed by atoms with E-state index in [-0.39, 0.29) is 12.6 Å². The molecule has 13 heteroatoms. The molecule has 0 amide bonds. The molecule has 0 bridgehead atoms. The zero-order chi connectivity index (χ0) is 28.2. The average molecular weight is 554 g/mol. The molecule has 0 spiro atoms. The van der Waals surface area contributed by atoms with E-state index in [9.17, 15) is 8.42 Å². The van der Waals surface area contributed by atoms with Gasteiger partial charge in [-0.25, -0.2) is 8.42 Å². The van der Waals surface area contributed by atoms with Crippen LogP contribution in [0.15, 0.2) is 49.1 Å². The maximum absolute atomic E-state index is 13.8. The monoisotopic (exact) mass is 553 g/mol. The molecule has 1 N–H and O–H groups in total. The quantitative estimate of drug-likeness (QED) is 0.292. The third-order valence-corrected chi connectivity index (χ3v) is 7.70. The minimum Gasteiger partial charge on any atom is -0.494 e. The van der Waals surface area contributed by atoms with Crippen LogP contribution in [0.4, 0.5) is 5.95 Å². The molecule has 3 aromatic heterocycles. The molecule has 2 atom stereocenters. The highest BCUT2D eigenvalue weighted by molar-refractivity contribution is 7.93. The first kappa shape index (κ1) is 27.9. The van der Waals surface area contributed by atoms with Gasteiger partial charge in [0, 0.05) is 30.8 Å². The van der Waals surface area contributed by atoms with E-state index < -0.39 is 21.4 Å². The Kier molecular flexibility index (Phi) is 8.41. The fraction of sp³-hybridized carbons (Fsp3) is 0.346. The summed E-state index contributed by atoms with van der Waals surface area (Å²) >= 11 is 0. The third kappa shape index (κ3) is 5.83. The SMILES string of the molecule is CCO[C@@H](c1cnc(C)cn1)[C@@H](C)S(=O)(=O)Nc1nnc(-c2cncc(C)c2)n1-c1c(OC)cccc1OC. The Morgan fingerprint density at radius 2 is 1.72 bits per heavy atom. The number of pyridine rings is 1. The largest absolute Gasteiger partial charge is 0.494 e. The fourth-order valence-electron chi connectivity index (χ4n) is 4.05. The summed E-state index contributed by atoms with van der Waals surface area (Å²) in [6.45, 7) is 7.30. The average Bonchev–Trinajstić information content (AvgIpc) is 3.33. The van der Waals surface area contributed by atoms with E-state index in [1.807, 2.05) is 13.0 Å². The number of ether oxygens (including phenoxy) is 3. The number of hydrogen-bond acceptors (Lipinski definition) is 10. The van der Waals surface area contributed by atoms with Gasteiger partial charge in [-0.05, 0) is 51.5 Å². The van der Waals surface area contributed by atoms with Gasteiger partial charge >= 0.3 is 0 Å². The second kappa shape index (κ2) is 11.7. The highest BCUT2D eigenvalue weighted by atomic mass is 32.2. The van der Waals surface area contributed by atoms with Gasteiger partial charge in [0.15, 0.2) is 5.82 Å². The maximum atomic E-state index is 13.8. The van der Waals surface area contributed by atoms with Crippen molar-refractivity contribution in [1.82, 2.24) is 29.7 Å². The Labute approximate surface area is 227 Å². The standard InChI is InChI=1S/C26H31N7O5S/c1-7-38-24(20-15-28-17(3)13-29-20)18(4)39(34,35)32-26-31-30-25(19-11-16(2)12-27-14-19)33(26)23-21(36-5)9-8-10-22(23)37-6/h8-15,18,24H,7H2,1-6H3,(H,31,32)/t18-,24-/m1/s1. The van der Waals surface area contributed by atoms with Gasteiger partial charge in [-0.15, -0.1) is 10.2 Å².